The molecule has 0 aromatic heterocycles. The van der Waals surface area contributed by atoms with E-state index in [0.29, 0.717) is 35.7 Å². The minimum Gasteiger partial charge on any atom is -0.389 e. The number of rotatable bonds is 5. The summed E-state index contributed by atoms with van der Waals surface area (Å²) >= 11 is 5.35. The molecule has 0 radical (unpaired) electrons. The number of aliphatic hydroxyl groups excluding tert-OH is 1. The molecular formula is C22H29N3O3S2. The summed E-state index contributed by atoms with van der Waals surface area (Å²) in [6.45, 7) is 7.01. The van der Waals surface area contributed by atoms with Gasteiger partial charge in [-0.25, -0.2) is 8.42 Å². The third-order valence-electron chi connectivity index (χ3n) is 5.21. The van der Waals surface area contributed by atoms with E-state index < -0.39 is 16.1 Å². The van der Waals surface area contributed by atoms with Crippen molar-refractivity contribution in [3.05, 3.63) is 54.1 Å². The Morgan fingerprint density at radius 1 is 1.07 bits per heavy atom. The van der Waals surface area contributed by atoms with Crippen molar-refractivity contribution in [2.24, 2.45) is 11.8 Å². The van der Waals surface area contributed by atoms with Gasteiger partial charge in [0.05, 0.1) is 11.0 Å². The van der Waals surface area contributed by atoms with Gasteiger partial charge >= 0.3 is 0 Å². The normalized spacial score (nSPS) is 21.1. The zero-order valence-corrected chi connectivity index (χ0v) is 19.1. The summed E-state index contributed by atoms with van der Waals surface area (Å²) < 4.78 is 27.6. The summed E-state index contributed by atoms with van der Waals surface area (Å²) in [6, 6.07) is 14.0. The Kier molecular flexibility index (Phi) is 7.13. The first-order chi connectivity index (χ1) is 14.1. The third kappa shape index (κ3) is 5.57. The minimum absolute atomic E-state index is 0.290. The van der Waals surface area contributed by atoms with Crippen molar-refractivity contribution in [2.45, 2.75) is 38.2 Å². The third-order valence-corrected chi connectivity index (χ3v) is 7.26. The number of hydrogen-bond donors (Lipinski definition) is 3. The predicted molar refractivity (Wildman–Crippen MR) is 125 cm³/mol. The van der Waals surface area contributed by atoms with Crippen LogP contribution in [0.2, 0.25) is 0 Å². The van der Waals surface area contributed by atoms with Gasteiger partial charge in [-0.05, 0) is 79.4 Å². The van der Waals surface area contributed by atoms with Gasteiger partial charge in [-0.1, -0.05) is 26.0 Å². The number of nitrogens with zero attached hydrogens (tertiary/aromatic N) is 1. The quantitative estimate of drug-likeness (QED) is 0.596. The lowest BCUT2D eigenvalue weighted by molar-refractivity contribution is 0.199. The molecule has 0 saturated carbocycles. The molecule has 162 valence electrons. The largest absolute Gasteiger partial charge is 0.389 e. The van der Waals surface area contributed by atoms with Crippen molar-refractivity contribution in [1.82, 2.24) is 4.31 Å². The van der Waals surface area contributed by atoms with Gasteiger partial charge < -0.3 is 15.7 Å². The van der Waals surface area contributed by atoms with Crippen LogP contribution in [-0.2, 0) is 10.0 Å². The fourth-order valence-corrected chi connectivity index (χ4v) is 5.75. The Bertz CT molecular complexity index is 981. The highest BCUT2D eigenvalue weighted by atomic mass is 32.2. The maximum Gasteiger partial charge on any atom is 0.243 e. The second kappa shape index (κ2) is 9.43. The molecular weight excluding hydrogens is 418 g/mol. The maximum absolute atomic E-state index is 13.0. The smallest absolute Gasteiger partial charge is 0.243 e. The van der Waals surface area contributed by atoms with Crippen LogP contribution in [0, 0.1) is 11.8 Å². The van der Waals surface area contributed by atoms with Crippen LogP contribution in [0.4, 0.5) is 11.4 Å². The van der Waals surface area contributed by atoms with Crippen LogP contribution in [0.15, 0.2) is 53.4 Å². The summed E-state index contributed by atoms with van der Waals surface area (Å²) in [7, 11) is -3.50. The Morgan fingerprint density at radius 2 is 1.67 bits per heavy atom. The molecule has 1 aliphatic heterocycles. The summed E-state index contributed by atoms with van der Waals surface area (Å²) in [5.41, 5.74) is 2.25. The molecule has 0 amide bonds. The minimum atomic E-state index is -3.50. The van der Waals surface area contributed by atoms with Crippen LogP contribution in [0.5, 0.6) is 0 Å². The number of thiocarbonyl (C=S) groups is 1. The molecule has 3 rings (SSSR count). The van der Waals surface area contributed by atoms with Crippen LogP contribution >= 0.6 is 12.2 Å². The Labute approximate surface area is 184 Å². The Morgan fingerprint density at radius 3 is 2.27 bits per heavy atom. The van der Waals surface area contributed by atoms with Crippen molar-refractivity contribution in [2.75, 3.05) is 23.7 Å². The van der Waals surface area contributed by atoms with Crippen LogP contribution in [0.3, 0.4) is 0 Å². The average molecular weight is 448 g/mol. The Balaban J connectivity index is 1.65. The average Bonchev–Trinajstić information content (AvgIpc) is 2.67. The standard InChI is InChI=1S/C22H29N3O3S2/c1-15-11-16(2)14-25(13-15)30(27,28)21-9-7-19(8-10-21)23-22(29)24-20-6-4-5-18(12-20)17(3)26/h4-10,12,15-17,26H,11,13-14H2,1-3H3,(H2,23,24,29)/t15-,16+,17-/m0/s1. The van der Waals surface area contributed by atoms with Crippen LogP contribution in [0.25, 0.3) is 0 Å². The van der Waals surface area contributed by atoms with Gasteiger partial charge in [0.1, 0.15) is 0 Å². The highest BCUT2D eigenvalue weighted by Gasteiger charge is 2.31. The topological polar surface area (TPSA) is 81.7 Å². The molecule has 2 aromatic rings. The number of sulfonamides is 1. The fourth-order valence-electron chi connectivity index (χ4n) is 3.83. The number of aliphatic hydroxyl groups is 1. The molecule has 0 aliphatic carbocycles. The molecule has 0 spiro atoms. The van der Waals surface area contributed by atoms with E-state index in [2.05, 4.69) is 24.5 Å². The van der Waals surface area contributed by atoms with E-state index in [9.17, 15) is 13.5 Å². The molecule has 3 N–H and O–H groups in total. The van der Waals surface area contributed by atoms with Gasteiger partial charge in [0.2, 0.25) is 10.0 Å². The highest BCUT2D eigenvalue weighted by molar-refractivity contribution is 7.89. The molecule has 3 atom stereocenters. The number of benzene rings is 2. The van der Waals surface area contributed by atoms with Crippen LogP contribution in [-0.4, -0.2) is 36.0 Å². The molecule has 30 heavy (non-hydrogen) atoms. The zero-order chi connectivity index (χ0) is 21.9. The van der Waals surface area contributed by atoms with Crippen LogP contribution < -0.4 is 10.6 Å². The summed E-state index contributed by atoms with van der Waals surface area (Å²) in [5, 5.41) is 16.2. The van der Waals surface area contributed by atoms with Gasteiger partial charge in [-0.2, -0.15) is 4.31 Å². The van der Waals surface area contributed by atoms with E-state index in [4.69, 9.17) is 12.2 Å². The summed E-state index contributed by atoms with van der Waals surface area (Å²) in [4.78, 5) is 0.290. The maximum atomic E-state index is 13.0. The lowest BCUT2D eigenvalue weighted by atomic mass is 9.94. The number of hydrogen-bond acceptors (Lipinski definition) is 4. The SMILES string of the molecule is C[C@@H]1C[C@H](C)CN(S(=O)(=O)c2ccc(NC(=S)Nc3cccc([C@H](C)O)c3)cc2)C1. The fraction of sp³-hybridized carbons (Fsp3) is 0.409. The van der Waals surface area contributed by atoms with Crippen molar-refractivity contribution < 1.29 is 13.5 Å². The van der Waals surface area contributed by atoms with Crippen molar-refractivity contribution in [3.63, 3.8) is 0 Å². The van der Waals surface area contributed by atoms with Gasteiger partial charge in [0.25, 0.3) is 0 Å². The van der Waals surface area contributed by atoms with E-state index in [1.54, 1.807) is 35.5 Å². The van der Waals surface area contributed by atoms with Crippen molar-refractivity contribution >= 4 is 38.7 Å². The molecule has 6 nitrogen and oxygen atoms in total. The van der Waals surface area contributed by atoms with E-state index in [0.717, 1.165) is 17.7 Å². The molecule has 1 heterocycles. The number of anilines is 2. The Hall–Kier alpha value is -2.00. The van der Waals surface area contributed by atoms with Gasteiger partial charge in [-0.15, -0.1) is 0 Å². The molecule has 0 unspecified atom stereocenters. The first-order valence-electron chi connectivity index (χ1n) is 10.1. The zero-order valence-electron chi connectivity index (χ0n) is 17.5. The molecule has 1 saturated heterocycles. The van der Waals surface area contributed by atoms with E-state index >= 15 is 0 Å². The number of nitrogens with one attached hydrogen (secondary N) is 2. The summed E-state index contributed by atoms with van der Waals surface area (Å²) in [6.07, 6.45) is 0.494. The molecule has 0 bridgehead atoms. The highest BCUT2D eigenvalue weighted by Crippen LogP contribution is 2.27. The number of piperidine rings is 1. The van der Waals surface area contributed by atoms with E-state index in [1.165, 1.54) is 0 Å². The van der Waals surface area contributed by atoms with Crippen LogP contribution in [0.1, 0.15) is 38.9 Å². The first kappa shape index (κ1) is 22.7. The lowest BCUT2D eigenvalue weighted by Crippen LogP contribution is -2.42. The van der Waals surface area contributed by atoms with Gasteiger partial charge in [0, 0.05) is 24.5 Å². The second-order valence-electron chi connectivity index (χ2n) is 8.17. The van der Waals surface area contributed by atoms with Crippen molar-refractivity contribution in [3.8, 4) is 0 Å². The molecule has 1 aliphatic rings. The predicted octanol–water partition coefficient (Wildman–Crippen LogP) is 4.22. The first-order valence-corrected chi connectivity index (χ1v) is 12.0. The lowest BCUT2D eigenvalue weighted by Gasteiger charge is -2.34. The summed E-state index contributed by atoms with van der Waals surface area (Å²) in [5.74, 6) is 0.723. The van der Waals surface area contributed by atoms with E-state index in [1.807, 2.05) is 24.3 Å². The van der Waals surface area contributed by atoms with Gasteiger partial charge in [-0.3, -0.25) is 0 Å². The monoisotopic (exact) mass is 447 g/mol. The van der Waals surface area contributed by atoms with Gasteiger partial charge in [0.15, 0.2) is 5.11 Å². The second-order valence-corrected chi connectivity index (χ2v) is 10.5. The van der Waals surface area contributed by atoms with Crippen molar-refractivity contribution in [1.29, 1.82) is 0 Å². The molecule has 2 aromatic carbocycles. The van der Waals surface area contributed by atoms with E-state index in [-0.39, 0.29) is 4.90 Å². The molecule has 8 heteroatoms. The molecule has 1 fully saturated rings.